The average molecular weight is 443 g/mol. The molecule has 0 saturated heterocycles. The number of esters is 1. The molecule has 2 N–H and O–H groups in total. The summed E-state index contributed by atoms with van der Waals surface area (Å²) in [6.07, 6.45) is 0. The second-order valence-corrected chi connectivity index (χ2v) is 7.01. The number of hydrogen-bond acceptors (Lipinski definition) is 7. The first-order valence-electron chi connectivity index (χ1n) is 8.69. The third-order valence-electron chi connectivity index (χ3n) is 3.86. The summed E-state index contributed by atoms with van der Waals surface area (Å²) in [6, 6.07) is 12.2. The number of ether oxygens (including phenoxy) is 1. The third-order valence-corrected chi connectivity index (χ3v) is 4.73. The van der Waals surface area contributed by atoms with Crippen molar-refractivity contribution >= 4 is 46.2 Å². The third kappa shape index (κ3) is 5.70. The van der Waals surface area contributed by atoms with E-state index < -0.39 is 34.9 Å². The van der Waals surface area contributed by atoms with Crippen LogP contribution in [0.4, 0.5) is 21.5 Å². The van der Waals surface area contributed by atoms with Crippen molar-refractivity contribution < 1.29 is 28.4 Å². The van der Waals surface area contributed by atoms with Crippen molar-refractivity contribution in [3.63, 3.8) is 0 Å². The summed E-state index contributed by atoms with van der Waals surface area (Å²) in [4.78, 5) is 46.6. The zero-order chi connectivity index (χ0) is 22.4. The monoisotopic (exact) mass is 443 g/mol. The van der Waals surface area contributed by atoms with E-state index in [0.717, 1.165) is 18.2 Å². The average Bonchev–Trinajstić information content (AvgIpc) is 3.28. The molecule has 0 spiro atoms. The van der Waals surface area contributed by atoms with Crippen LogP contribution in [0, 0.1) is 15.9 Å². The minimum absolute atomic E-state index is 0.0209. The van der Waals surface area contributed by atoms with Gasteiger partial charge in [-0.25, -0.2) is 4.79 Å². The second kappa shape index (κ2) is 9.59. The van der Waals surface area contributed by atoms with Crippen LogP contribution in [-0.2, 0) is 9.53 Å². The molecule has 31 heavy (non-hydrogen) atoms. The molecule has 158 valence electrons. The molecule has 1 heterocycles. The molecule has 0 fully saturated rings. The molecule has 0 aliphatic rings. The van der Waals surface area contributed by atoms with Gasteiger partial charge in [0.05, 0.1) is 15.4 Å². The van der Waals surface area contributed by atoms with E-state index in [0.29, 0.717) is 10.6 Å². The molecule has 0 aliphatic heterocycles. The fourth-order valence-corrected chi connectivity index (χ4v) is 3.09. The quantitative estimate of drug-likeness (QED) is 0.324. The molecule has 3 rings (SSSR count). The largest absolute Gasteiger partial charge is 0.452 e. The van der Waals surface area contributed by atoms with Crippen LogP contribution >= 0.6 is 11.3 Å². The predicted octanol–water partition coefficient (Wildman–Crippen LogP) is 3.84. The fraction of sp³-hybridized carbons (Fsp3) is 0.0500. The van der Waals surface area contributed by atoms with Gasteiger partial charge >= 0.3 is 11.7 Å². The standard InChI is InChI=1S/C20H14FN3O6S/c21-15-7-6-14(10-16(15)24(28)29)22-18(25)11-30-20(27)12-3-1-4-13(9-12)23-19(26)17-5-2-8-31-17/h1-10H,11H2,(H,22,25)(H,23,26). The number of anilines is 2. The summed E-state index contributed by atoms with van der Waals surface area (Å²) in [5.41, 5.74) is -0.339. The van der Waals surface area contributed by atoms with Crippen LogP contribution in [-0.4, -0.2) is 29.3 Å². The first kappa shape index (κ1) is 21.6. The Kier molecular flexibility index (Phi) is 6.67. The van der Waals surface area contributed by atoms with E-state index in [1.807, 2.05) is 0 Å². The zero-order valence-corrected chi connectivity index (χ0v) is 16.5. The smallest absolute Gasteiger partial charge is 0.338 e. The summed E-state index contributed by atoms with van der Waals surface area (Å²) in [6.45, 7) is -0.671. The molecular formula is C20H14FN3O6S. The summed E-state index contributed by atoms with van der Waals surface area (Å²) in [7, 11) is 0. The lowest BCUT2D eigenvalue weighted by Gasteiger charge is -2.08. The molecule has 2 aromatic carbocycles. The molecule has 11 heteroatoms. The van der Waals surface area contributed by atoms with Crippen molar-refractivity contribution in [2.45, 2.75) is 0 Å². The lowest BCUT2D eigenvalue weighted by molar-refractivity contribution is -0.387. The summed E-state index contributed by atoms with van der Waals surface area (Å²) in [5, 5.41) is 17.4. The Hall–Kier alpha value is -4.12. The minimum atomic E-state index is -1.04. The lowest BCUT2D eigenvalue weighted by atomic mass is 10.2. The van der Waals surface area contributed by atoms with Crippen LogP contribution in [0.3, 0.4) is 0 Å². The molecule has 1 aromatic heterocycles. The highest BCUT2D eigenvalue weighted by Gasteiger charge is 2.16. The van der Waals surface area contributed by atoms with E-state index in [2.05, 4.69) is 10.6 Å². The van der Waals surface area contributed by atoms with Crippen LogP contribution in [0.1, 0.15) is 20.0 Å². The molecule has 0 unspecified atom stereocenters. The fourth-order valence-electron chi connectivity index (χ4n) is 2.47. The number of nitro benzene ring substituents is 1. The Balaban J connectivity index is 1.57. The van der Waals surface area contributed by atoms with Gasteiger partial charge in [-0.1, -0.05) is 12.1 Å². The Labute approximate surface area is 178 Å². The Bertz CT molecular complexity index is 1150. The normalized spacial score (nSPS) is 10.2. The van der Waals surface area contributed by atoms with Gasteiger partial charge < -0.3 is 15.4 Å². The Morgan fingerprint density at radius 1 is 1.03 bits per heavy atom. The van der Waals surface area contributed by atoms with Crippen molar-refractivity contribution in [3.05, 3.63) is 86.3 Å². The number of carbonyl (C=O) groups is 3. The first-order chi connectivity index (χ1) is 14.8. The van der Waals surface area contributed by atoms with Gasteiger partial charge in [0, 0.05) is 17.4 Å². The number of amides is 2. The van der Waals surface area contributed by atoms with E-state index in [4.69, 9.17) is 4.74 Å². The molecule has 0 atom stereocenters. The number of benzene rings is 2. The van der Waals surface area contributed by atoms with Crippen LogP contribution in [0.25, 0.3) is 0 Å². The molecule has 0 saturated carbocycles. The van der Waals surface area contributed by atoms with Crippen LogP contribution < -0.4 is 10.6 Å². The van der Waals surface area contributed by atoms with E-state index in [1.54, 1.807) is 29.6 Å². The molecule has 2 amide bonds. The van der Waals surface area contributed by atoms with Crippen molar-refractivity contribution in [1.29, 1.82) is 0 Å². The molecule has 0 aliphatic carbocycles. The van der Waals surface area contributed by atoms with E-state index >= 15 is 0 Å². The van der Waals surface area contributed by atoms with Crippen LogP contribution in [0.15, 0.2) is 60.0 Å². The second-order valence-electron chi connectivity index (χ2n) is 6.06. The topological polar surface area (TPSA) is 128 Å². The van der Waals surface area contributed by atoms with Gasteiger partial charge in [0.15, 0.2) is 6.61 Å². The number of rotatable bonds is 7. The van der Waals surface area contributed by atoms with Gasteiger partial charge in [-0.3, -0.25) is 19.7 Å². The van der Waals surface area contributed by atoms with Gasteiger partial charge in [0.25, 0.3) is 11.8 Å². The number of nitro groups is 1. The number of thiophene rings is 1. The molecule has 0 radical (unpaired) electrons. The highest BCUT2D eigenvalue weighted by molar-refractivity contribution is 7.12. The van der Waals surface area contributed by atoms with E-state index in [9.17, 15) is 28.9 Å². The van der Waals surface area contributed by atoms with Gasteiger partial charge in [0.2, 0.25) is 5.82 Å². The predicted molar refractivity (Wildman–Crippen MR) is 111 cm³/mol. The SMILES string of the molecule is O=C(COC(=O)c1cccc(NC(=O)c2cccs2)c1)Nc1ccc(F)c([N+](=O)[O-])c1. The number of carbonyl (C=O) groups excluding carboxylic acids is 3. The van der Waals surface area contributed by atoms with Gasteiger partial charge in [-0.2, -0.15) is 4.39 Å². The molecule has 3 aromatic rings. The van der Waals surface area contributed by atoms with Crippen LogP contribution in [0.5, 0.6) is 0 Å². The molecule has 0 bridgehead atoms. The Morgan fingerprint density at radius 2 is 1.81 bits per heavy atom. The van der Waals surface area contributed by atoms with Gasteiger partial charge in [-0.05, 0) is 41.8 Å². The minimum Gasteiger partial charge on any atom is -0.452 e. The van der Waals surface area contributed by atoms with Crippen molar-refractivity contribution in [1.82, 2.24) is 0 Å². The summed E-state index contributed by atoms with van der Waals surface area (Å²) >= 11 is 1.27. The lowest BCUT2D eigenvalue weighted by Crippen LogP contribution is -2.21. The molecular weight excluding hydrogens is 429 g/mol. The summed E-state index contributed by atoms with van der Waals surface area (Å²) < 4.78 is 18.3. The number of halogens is 1. The van der Waals surface area contributed by atoms with E-state index in [-0.39, 0.29) is 17.2 Å². The van der Waals surface area contributed by atoms with Gasteiger partial charge in [0.1, 0.15) is 0 Å². The Morgan fingerprint density at radius 3 is 2.52 bits per heavy atom. The highest BCUT2D eigenvalue weighted by Crippen LogP contribution is 2.21. The maximum Gasteiger partial charge on any atom is 0.338 e. The maximum absolute atomic E-state index is 13.3. The number of hydrogen-bond donors (Lipinski definition) is 2. The zero-order valence-electron chi connectivity index (χ0n) is 15.7. The van der Waals surface area contributed by atoms with Crippen molar-refractivity contribution in [2.24, 2.45) is 0 Å². The number of nitrogens with one attached hydrogen (secondary N) is 2. The van der Waals surface area contributed by atoms with Crippen molar-refractivity contribution in [3.8, 4) is 0 Å². The van der Waals surface area contributed by atoms with Gasteiger partial charge in [-0.15, -0.1) is 11.3 Å². The highest BCUT2D eigenvalue weighted by atomic mass is 32.1. The van der Waals surface area contributed by atoms with E-state index in [1.165, 1.54) is 23.5 Å². The van der Waals surface area contributed by atoms with Crippen molar-refractivity contribution in [2.75, 3.05) is 17.2 Å². The first-order valence-corrected chi connectivity index (χ1v) is 9.57. The maximum atomic E-state index is 13.3. The number of nitrogens with zero attached hydrogens (tertiary/aromatic N) is 1. The van der Waals surface area contributed by atoms with Crippen LogP contribution in [0.2, 0.25) is 0 Å². The molecule has 9 nitrogen and oxygen atoms in total. The summed E-state index contributed by atoms with van der Waals surface area (Å²) in [5.74, 6) is -2.95.